The van der Waals surface area contributed by atoms with Gasteiger partial charge in [-0.05, 0) is 37.5 Å². The topological polar surface area (TPSA) is 47.3 Å². The van der Waals surface area contributed by atoms with Crippen molar-refractivity contribution in [3.63, 3.8) is 0 Å². The highest BCUT2D eigenvalue weighted by Crippen LogP contribution is 2.29. The van der Waals surface area contributed by atoms with Crippen molar-refractivity contribution in [1.82, 2.24) is 0 Å². The lowest BCUT2D eigenvalue weighted by molar-refractivity contribution is 0.369. The lowest BCUT2D eigenvalue weighted by Gasteiger charge is -2.34. The number of hydrogen-bond acceptors (Lipinski definition) is 3. The SMILES string of the molecule is COc1ccc(C)cc1NC1CC(N)C1. The Kier molecular flexibility index (Phi) is 2.82. The van der Waals surface area contributed by atoms with Gasteiger partial charge in [0.15, 0.2) is 0 Å². The number of methoxy groups -OCH3 is 1. The first-order valence-electron chi connectivity index (χ1n) is 5.36. The van der Waals surface area contributed by atoms with E-state index < -0.39 is 0 Å². The normalized spacial score (nSPS) is 24.5. The van der Waals surface area contributed by atoms with Crippen molar-refractivity contribution < 1.29 is 4.74 Å². The zero-order valence-corrected chi connectivity index (χ0v) is 9.29. The Balaban J connectivity index is 2.08. The second-order valence-corrected chi connectivity index (χ2v) is 4.28. The molecule has 0 aromatic heterocycles. The molecule has 1 aromatic rings. The van der Waals surface area contributed by atoms with Crippen molar-refractivity contribution in [3.8, 4) is 5.75 Å². The van der Waals surface area contributed by atoms with E-state index in [2.05, 4.69) is 24.4 Å². The number of nitrogens with one attached hydrogen (secondary N) is 1. The number of aryl methyl sites for hydroxylation is 1. The van der Waals surface area contributed by atoms with Gasteiger partial charge < -0.3 is 15.8 Å². The minimum atomic E-state index is 0.373. The van der Waals surface area contributed by atoms with Crippen molar-refractivity contribution in [1.29, 1.82) is 0 Å². The Hall–Kier alpha value is -1.22. The number of nitrogens with two attached hydrogens (primary N) is 1. The first-order valence-corrected chi connectivity index (χ1v) is 5.36. The van der Waals surface area contributed by atoms with Crippen LogP contribution >= 0.6 is 0 Å². The monoisotopic (exact) mass is 206 g/mol. The Labute approximate surface area is 90.6 Å². The fourth-order valence-corrected chi connectivity index (χ4v) is 1.93. The Morgan fingerprint density at radius 1 is 1.40 bits per heavy atom. The molecular weight excluding hydrogens is 188 g/mol. The van der Waals surface area contributed by atoms with Gasteiger partial charge in [-0.25, -0.2) is 0 Å². The summed E-state index contributed by atoms with van der Waals surface area (Å²) >= 11 is 0. The van der Waals surface area contributed by atoms with E-state index in [1.165, 1.54) is 5.56 Å². The van der Waals surface area contributed by atoms with Crippen LogP contribution in [0.4, 0.5) is 5.69 Å². The summed E-state index contributed by atoms with van der Waals surface area (Å²) in [6, 6.07) is 7.05. The van der Waals surface area contributed by atoms with Gasteiger partial charge in [0.05, 0.1) is 12.8 Å². The van der Waals surface area contributed by atoms with E-state index in [1.807, 2.05) is 6.07 Å². The van der Waals surface area contributed by atoms with Crippen LogP contribution in [-0.2, 0) is 0 Å². The second kappa shape index (κ2) is 4.11. The summed E-state index contributed by atoms with van der Waals surface area (Å²) in [5.41, 5.74) is 8.07. The fourth-order valence-electron chi connectivity index (χ4n) is 1.93. The lowest BCUT2D eigenvalue weighted by Crippen LogP contribution is -2.44. The Morgan fingerprint density at radius 3 is 2.73 bits per heavy atom. The van der Waals surface area contributed by atoms with Gasteiger partial charge in [-0.1, -0.05) is 6.07 Å². The molecular formula is C12H18N2O. The molecule has 0 unspecified atom stereocenters. The highest BCUT2D eigenvalue weighted by molar-refractivity contribution is 5.58. The van der Waals surface area contributed by atoms with Gasteiger partial charge in [0, 0.05) is 12.1 Å². The second-order valence-electron chi connectivity index (χ2n) is 4.28. The van der Waals surface area contributed by atoms with Crippen molar-refractivity contribution in [2.24, 2.45) is 5.73 Å². The molecule has 1 fully saturated rings. The summed E-state index contributed by atoms with van der Waals surface area (Å²) in [5.74, 6) is 0.904. The summed E-state index contributed by atoms with van der Waals surface area (Å²) in [6.45, 7) is 2.08. The van der Waals surface area contributed by atoms with Crippen LogP contribution in [0.25, 0.3) is 0 Å². The number of hydrogen-bond donors (Lipinski definition) is 2. The van der Waals surface area contributed by atoms with Gasteiger partial charge in [0.25, 0.3) is 0 Å². The molecule has 0 amide bonds. The van der Waals surface area contributed by atoms with E-state index >= 15 is 0 Å². The number of rotatable bonds is 3. The maximum absolute atomic E-state index is 5.75. The van der Waals surface area contributed by atoms with Crippen LogP contribution in [0.5, 0.6) is 5.75 Å². The van der Waals surface area contributed by atoms with Gasteiger partial charge in [-0.2, -0.15) is 0 Å². The number of benzene rings is 1. The van der Waals surface area contributed by atoms with Gasteiger partial charge in [0.1, 0.15) is 5.75 Å². The summed E-state index contributed by atoms with van der Waals surface area (Å²) in [4.78, 5) is 0. The molecule has 1 aliphatic carbocycles. The molecule has 1 saturated carbocycles. The molecule has 2 rings (SSSR count). The van der Waals surface area contributed by atoms with Crippen molar-refractivity contribution in [2.75, 3.05) is 12.4 Å². The van der Waals surface area contributed by atoms with Crippen molar-refractivity contribution in [2.45, 2.75) is 31.8 Å². The van der Waals surface area contributed by atoms with Gasteiger partial charge in [-0.15, -0.1) is 0 Å². The molecule has 0 heterocycles. The van der Waals surface area contributed by atoms with E-state index in [0.717, 1.165) is 24.3 Å². The minimum absolute atomic E-state index is 0.373. The molecule has 0 saturated heterocycles. The highest BCUT2D eigenvalue weighted by Gasteiger charge is 2.26. The smallest absolute Gasteiger partial charge is 0.141 e. The Bertz CT molecular complexity index is 345. The minimum Gasteiger partial charge on any atom is -0.495 e. The van der Waals surface area contributed by atoms with Gasteiger partial charge >= 0.3 is 0 Å². The maximum Gasteiger partial charge on any atom is 0.141 e. The summed E-state index contributed by atoms with van der Waals surface area (Å²) in [5, 5.41) is 3.46. The molecule has 0 spiro atoms. The van der Waals surface area contributed by atoms with E-state index in [1.54, 1.807) is 7.11 Å². The third kappa shape index (κ3) is 2.23. The van der Waals surface area contributed by atoms with Gasteiger partial charge in [-0.3, -0.25) is 0 Å². The van der Waals surface area contributed by atoms with Crippen LogP contribution in [0.15, 0.2) is 18.2 Å². The molecule has 3 N–H and O–H groups in total. The predicted molar refractivity (Wildman–Crippen MR) is 62.4 cm³/mol. The van der Waals surface area contributed by atoms with Crippen LogP contribution in [0.1, 0.15) is 18.4 Å². The predicted octanol–water partition coefficient (Wildman–Crippen LogP) is 1.91. The third-order valence-corrected chi connectivity index (χ3v) is 2.89. The quantitative estimate of drug-likeness (QED) is 0.794. The average Bonchev–Trinajstić information content (AvgIpc) is 2.16. The first-order chi connectivity index (χ1) is 7.19. The zero-order valence-electron chi connectivity index (χ0n) is 9.29. The van der Waals surface area contributed by atoms with Crippen LogP contribution in [0, 0.1) is 6.92 Å². The highest BCUT2D eigenvalue weighted by atomic mass is 16.5. The van der Waals surface area contributed by atoms with Gasteiger partial charge in [0.2, 0.25) is 0 Å². The van der Waals surface area contributed by atoms with Crippen molar-refractivity contribution >= 4 is 5.69 Å². The molecule has 15 heavy (non-hydrogen) atoms. The lowest BCUT2D eigenvalue weighted by atomic mass is 9.87. The third-order valence-electron chi connectivity index (χ3n) is 2.89. The molecule has 0 aliphatic heterocycles. The summed E-state index contributed by atoms with van der Waals surface area (Å²) in [7, 11) is 1.70. The first kappa shape index (κ1) is 10.3. The molecule has 3 nitrogen and oxygen atoms in total. The summed E-state index contributed by atoms with van der Waals surface area (Å²) < 4.78 is 5.30. The van der Waals surface area contributed by atoms with E-state index in [0.29, 0.717) is 12.1 Å². The van der Waals surface area contributed by atoms with Crippen LogP contribution in [0.3, 0.4) is 0 Å². The number of anilines is 1. The van der Waals surface area contributed by atoms with E-state index in [-0.39, 0.29) is 0 Å². The largest absolute Gasteiger partial charge is 0.495 e. The average molecular weight is 206 g/mol. The molecule has 0 radical (unpaired) electrons. The number of ether oxygens (including phenoxy) is 1. The zero-order chi connectivity index (χ0) is 10.8. The van der Waals surface area contributed by atoms with Crippen LogP contribution in [0.2, 0.25) is 0 Å². The molecule has 0 atom stereocenters. The molecule has 1 aromatic carbocycles. The Morgan fingerprint density at radius 2 is 2.13 bits per heavy atom. The fraction of sp³-hybridized carbons (Fsp3) is 0.500. The van der Waals surface area contributed by atoms with Crippen molar-refractivity contribution in [3.05, 3.63) is 23.8 Å². The molecule has 3 heteroatoms. The maximum atomic E-state index is 5.75. The molecule has 1 aliphatic rings. The molecule has 82 valence electrons. The molecule has 0 bridgehead atoms. The van der Waals surface area contributed by atoms with E-state index in [4.69, 9.17) is 10.5 Å². The van der Waals surface area contributed by atoms with E-state index in [9.17, 15) is 0 Å². The van der Waals surface area contributed by atoms with Crippen LogP contribution < -0.4 is 15.8 Å². The standard InChI is InChI=1S/C12H18N2O/c1-8-3-4-12(15-2)11(5-8)14-10-6-9(13)7-10/h3-5,9-10,14H,6-7,13H2,1-2H3. The van der Waals surface area contributed by atoms with Crippen LogP contribution in [-0.4, -0.2) is 19.2 Å². The summed E-state index contributed by atoms with van der Waals surface area (Å²) in [6.07, 6.45) is 2.11.